The molecule has 0 saturated heterocycles. The summed E-state index contributed by atoms with van der Waals surface area (Å²) in [5.74, 6) is 2.09. The number of rotatable bonds is 6. The van der Waals surface area contributed by atoms with Crippen molar-refractivity contribution < 1.29 is 0 Å². The summed E-state index contributed by atoms with van der Waals surface area (Å²) in [6.45, 7) is 2.33. The third-order valence-corrected chi connectivity index (χ3v) is 4.79. The maximum absolute atomic E-state index is 4.25. The fraction of sp³-hybridized carbons (Fsp3) is 0.727. The molecule has 0 atom stereocenters. The van der Waals surface area contributed by atoms with Crippen LogP contribution in [-0.4, -0.2) is 23.8 Å². The van der Waals surface area contributed by atoms with Crippen molar-refractivity contribution in [3.05, 3.63) is 11.6 Å². The Morgan fingerprint density at radius 3 is 3.07 bits per heavy atom. The van der Waals surface area contributed by atoms with Gasteiger partial charge in [0.25, 0.3) is 0 Å². The lowest BCUT2D eigenvalue weighted by molar-refractivity contribution is 0.500. The first kappa shape index (κ1) is 11.4. The van der Waals surface area contributed by atoms with Crippen LogP contribution in [0.5, 0.6) is 0 Å². The van der Waals surface area contributed by atoms with Crippen LogP contribution in [0.3, 0.4) is 0 Å². The lowest BCUT2D eigenvalue weighted by atomic mass is 10.1. The van der Waals surface area contributed by atoms with Gasteiger partial charge in [0.05, 0.1) is 0 Å². The monoisotopic (exact) mass is 242 g/mol. The molecule has 0 bridgehead atoms. The van der Waals surface area contributed by atoms with Crippen molar-refractivity contribution in [3.8, 4) is 0 Å². The van der Waals surface area contributed by atoms with Gasteiger partial charge >= 0.3 is 0 Å². The highest BCUT2D eigenvalue weighted by Crippen LogP contribution is 2.23. The molecule has 0 aliphatic heterocycles. The van der Waals surface area contributed by atoms with E-state index in [0.29, 0.717) is 0 Å². The number of hydrogen-bond acceptors (Lipinski definition) is 4. The highest BCUT2D eigenvalue weighted by Gasteiger charge is 2.13. The van der Waals surface area contributed by atoms with Gasteiger partial charge in [0.2, 0.25) is 0 Å². The number of nitrogens with one attached hydrogen (secondary N) is 1. The molecule has 1 aliphatic rings. The van der Waals surface area contributed by atoms with E-state index in [2.05, 4.69) is 10.3 Å². The highest BCUT2D eigenvalue weighted by atomic mass is 32.2. The largest absolute Gasteiger partial charge is 0.316 e. The predicted molar refractivity (Wildman–Crippen MR) is 67.7 cm³/mol. The summed E-state index contributed by atoms with van der Waals surface area (Å²) in [4.78, 5) is 4.25. The minimum Gasteiger partial charge on any atom is -0.316 e. The Bertz CT molecular complexity index is 256. The molecule has 84 valence electrons. The van der Waals surface area contributed by atoms with E-state index in [1.165, 1.54) is 36.6 Å². The van der Waals surface area contributed by atoms with Gasteiger partial charge in [-0.05, 0) is 25.3 Å². The number of nitrogens with zero attached hydrogens (tertiary/aromatic N) is 1. The summed E-state index contributed by atoms with van der Waals surface area (Å²) in [7, 11) is 0. The number of hydrogen-bond donors (Lipinski definition) is 1. The van der Waals surface area contributed by atoms with Gasteiger partial charge in [0.1, 0.15) is 4.34 Å². The Morgan fingerprint density at radius 2 is 2.33 bits per heavy atom. The zero-order valence-electron chi connectivity index (χ0n) is 8.95. The second-order valence-corrected chi connectivity index (χ2v) is 6.24. The van der Waals surface area contributed by atoms with Crippen LogP contribution in [0.1, 0.15) is 25.7 Å². The summed E-state index contributed by atoms with van der Waals surface area (Å²) in [5, 5.41) is 5.58. The summed E-state index contributed by atoms with van der Waals surface area (Å²) < 4.78 is 1.19. The van der Waals surface area contributed by atoms with E-state index in [-0.39, 0.29) is 0 Å². The van der Waals surface area contributed by atoms with Crippen LogP contribution in [-0.2, 0) is 0 Å². The van der Waals surface area contributed by atoms with Crippen molar-refractivity contribution >= 4 is 23.1 Å². The molecular formula is C11H18N2S2. The van der Waals surface area contributed by atoms with E-state index in [9.17, 15) is 0 Å². The summed E-state index contributed by atoms with van der Waals surface area (Å²) in [6, 6.07) is 0. The molecule has 1 N–H and O–H groups in total. The Hall–Kier alpha value is -0.0600. The smallest absolute Gasteiger partial charge is 0.149 e. The molecule has 0 spiro atoms. The third-order valence-electron chi connectivity index (χ3n) is 2.82. The average Bonchev–Trinajstić information content (AvgIpc) is 2.88. The van der Waals surface area contributed by atoms with Gasteiger partial charge in [-0.15, -0.1) is 11.3 Å². The van der Waals surface area contributed by atoms with E-state index in [1.54, 1.807) is 11.3 Å². The van der Waals surface area contributed by atoms with E-state index in [4.69, 9.17) is 0 Å². The zero-order chi connectivity index (χ0) is 10.3. The van der Waals surface area contributed by atoms with Gasteiger partial charge in [-0.2, -0.15) is 0 Å². The Labute approximate surface area is 99.9 Å². The number of thioether (sulfide) groups is 1. The van der Waals surface area contributed by atoms with Crippen molar-refractivity contribution in [1.29, 1.82) is 0 Å². The van der Waals surface area contributed by atoms with Crippen molar-refractivity contribution in [2.45, 2.75) is 30.0 Å². The molecule has 1 fully saturated rings. The maximum Gasteiger partial charge on any atom is 0.149 e. The van der Waals surface area contributed by atoms with Gasteiger partial charge in [0.15, 0.2) is 0 Å². The molecule has 2 nitrogen and oxygen atoms in total. The molecule has 1 aromatic heterocycles. The topological polar surface area (TPSA) is 24.9 Å². The Morgan fingerprint density at radius 1 is 1.47 bits per heavy atom. The Balaban J connectivity index is 1.48. The molecule has 4 heteroatoms. The molecule has 15 heavy (non-hydrogen) atoms. The van der Waals surface area contributed by atoms with E-state index >= 15 is 0 Å². The van der Waals surface area contributed by atoms with Crippen molar-refractivity contribution in [2.75, 3.05) is 18.8 Å². The van der Waals surface area contributed by atoms with E-state index in [1.807, 2.05) is 23.3 Å². The molecule has 0 amide bonds. The molecule has 1 aliphatic carbocycles. The number of aromatic nitrogens is 1. The minimum atomic E-state index is 0.954. The molecule has 1 heterocycles. The van der Waals surface area contributed by atoms with Crippen molar-refractivity contribution in [2.24, 2.45) is 5.92 Å². The summed E-state index contributed by atoms with van der Waals surface area (Å²) in [5.41, 5.74) is 0. The maximum atomic E-state index is 4.25. The SMILES string of the molecule is c1csc(SCCNCC2CCCC2)n1. The third kappa shape index (κ3) is 4.13. The van der Waals surface area contributed by atoms with Crippen LogP contribution in [0.25, 0.3) is 0 Å². The summed E-state index contributed by atoms with van der Waals surface area (Å²) >= 11 is 3.58. The van der Waals surface area contributed by atoms with Crippen LogP contribution in [0.4, 0.5) is 0 Å². The lowest BCUT2D eigenvalue weighted by Gasteiger charge is -2.09. The predicted octanol–water partition coefficient (Wildman–Crippen LogP) is 3.02. The Kier molecular flexibility index (Phi) is 4.96. The first-order valence-corrected chi connectivity index (χ1v) is 7.54. The molecule has 0 aromatic carbocycles. The fourth-order valence-corrected chi connectivity index (χ4v) is 3.62. The van der Waals surface area contributed by atoms with Gasteiger partial charge in [-0.25, -0.2) is 4.98 Å². The van der Waals surface area contributed by atoms with Gasteiger partial charge < -0.3 is 5.32 Å². The minimum absolute atomic E-state index is 0.954. The standard InChI is InChI=1S/C11H18N2S2/c1-2-4-10(3-1)9-12-5-7-14-11-13-6-8-15-11/h6,8,10,12H,1-5,7,9H2. The number of thiazole rings is 1. The first-order chi connectivity index (χ1) is 7.45. The summed E-state index contributed by atoms with van der Waals surface area (Å²) in [6.07, 6.45) is 7.64. The van der Waals surface area contributed by atoms with Gasteiger partial charge in [-0.3, -0.25) is 0 Å². The van der Waals surface area contributed by atoms with Gasteiger partial charge in [0, 0.05) is 23.9 Å². The van der Waals surface area contributed by atoms with Crippen LogP contribution < -0.4 is 5.32 Å². The second-order valence-electron chi connectivity index (χ2n) is 4.00. The fourth-order valence-electron chi connectivity index (χ4n) is 2.01. The van der Waals surface area contributed by atoms with Crippen LogP contribution >= 0.6 is 23.1 Å². The van der Waals surface area contributed by atoms with Crippen molar-refractivity contribution in [1.82, 2.24) is 10.3 Å². The van der Waals surface area contributed by atoms with Gasteiger partial charge in [-0.1, -0.05) is 24.6 Å². The van der Waals surface area contributed by atoms with Crippen molar-refractivity contribution in [3.63, 3.8) is 0 Å². The zero-order valence-corrected chi connectivity index (χ0v) is 10.6. The molecular weight excluding hydrogens is 224 g/mol. The molecule has 0 radical (unpaired) electrons. The highest BCUT2D eigenvalue weighted by molar-refractivity contribution is 8.01. The first-order valence-electron chi connectivity index (χ1n) is 5.68. The van der Waals surface area contributed by atoms with Crippen LogP contribution in [0.15, 0.2) is 15.9 Å². The van der Waals surface area contributed by atoms with E-state index < -0.39 is 0 Å². The van der Waals surface area contributed by atoms with Crippen LogP contribution in [0, 0.1) is 5.92 Å². The molecule has 0 unspecified atom stereocenters. The molecule has 1 saturated carbocycles. The second kappa shape index (κ2) is 6.51. The normalized spacial score (nSPS) is 17.3. The lowest BCUT2D eigenvalue weighted by Crippen LogP contribution is -2.23. The van der Waals surface area contributed by atoms with Crippen LogP contribution in [0.2, 0.25) is 0 Å². The quantitative estimate of drug-likeness (QED) is 0.613. The van der Waals surface area contributed by atoms with E-state index in [0.717, 1.165) is 18.2 Å². The average molecular weight is 242 g/mol. The molecule has 1 aromatic rings. The molecule has 2 rings (SSSR count).